The minimum Gasteiger partial charge on any atom is -0.399 e. The van der Waals surface area contributed by atoms with Gasteiger partial charge in [-0.15, -0.1) is 0 Å². The number of ether oxygens (including phenoxy) is 2. The molecule has 0 unspecified atom stereocenters. The maximum absolute atomic E-state index is 13.3. The van der Waals surface area contributed by atoms with E-state index in [1.165, 1.54) is 18.2 Å². The van der Waals surface area contributed by atoms with Crippen molar-refractivity contribution in [3.63, 3.8) is 0 Å². The number of hydrogen-bond acceptors (Lipinski definition) is 4. The van der Waals surface area contributed by atoms with Crippen LogP contribution in [0.4, 0.5) is 15.8 Å². The van der Waals surface area contributed by atoms with Gasteiger partial charge in [-0.2, -0.15) is 0 Å². The smallest absolute Gasteiger partial charge is 0.250 e. The second-order valence-corrected chi connectivity index (χ2v) is 3.54. The summed E-state index contributed by atoms with van der Waals surface area (Å²) in [6.07, 6.45) is 0. The van der Waals surface area contributed by atoms with E-state index in [0.29, 0.717) is 25.5 Å². The molecule has 0 bridgehead atoms. The molecule has 100 valence electrons. The molecule has 1 rings (SSSR count). The van der Waals surface area contributed by atoms with Gasteiger partial charge in [0.2, 0.25) is 5.91 Å². The maximum Gasteiger partial charge on any atom is 0.250 e. The summed E-state index contributed by atoms with van der Waals surface area (Å²) in [4.78, 5) is 11.4. The van der Waals surface area contributed by atoms with Crippen molar-refractivity contribution in [3.05, 3.63) is 24.0 Å². The highest BCUT2D eigenvalue weighted by Crippen LogP contribution is 2.17. The molecule has 0 aliphatic rings. The molecule has 0 atom stereocenters. The number of rotatable bonds is 7. The van der Waals surface area contributed by atoms with Crippen LogP contribution >= 0.6 is 0 Å². The lowest BCUT2D eigenvalue weighted by molar-refractivity contribution is -0.121. The van der Waals surface area contributed by atoms with Crippen molar-refractivity contribution in [1.82, 2.24) is 0 Å². The molecule has 1 aromatic rings. The Morgan fingerprint density at radius 3 is 2.83 bits per heavy atom. The Morgan fingerprint density at radius 1 is 1.39 bits per heavy atom. The standard InChI is InChI=1S/C12H17FN2O3/c1-2-17-5-6-18-8-12(16)15-11-7-9(14)3-4-10(11)13/h3-4,7H,2,5-6,8,14H2,1H3,(H,15,16). The number of halogens is 1. The Morgan fingerprint density at radius 2 is 2.11 bits per heavy atom. The molecule has 6 heteroatoms. The molecular formula is C12H17FN2O3. The van der Waals surface area contributed by atoms with Crippen molar-refractivity contribution >= 4 is 17.3 Å². The minimum absolute atomic E-state index is 0.0495. The first-order chi connectivity index (χ1) is 8.63. The van der Waals surface area contributed by atoms with E-state index >= 15 is 0 Å². The molecule has 3 N–H and O–H groups in total. The summed E-state index contributed by atoms with van der Waals surface area (Å²) in [5.41, 5.74) is 5.92. The van der Waals surface area contributed by atoms with Crippen molar-refractivity contribution in [2.75, 3.05) is 37.5 Å². The molecule has 18 heavy (non-hydrogen) atoms. The molecule has 0 saturated carbocycles. The highest BCUT2D eigenvalue weighted by molar-refractivity contribution is 5.92. The molecule has 0 fully saturated rings. The Hall–Kier alpha value is -1.66. The van der Waals surface area contributed by atoms with Crippen LogP contribution < -0.4 is 11.1 Å². The zero-order valence-electron chi connectivity index (χ0n) is 10.2. The largest absolute Gasteiger partial charge is 0.399 e. The van der Waals surface area contributed by atoms with Gasteiger partial charge in [0.15, 0.2) is 0 Å². The molecule has 5 nitrogen and oxygen atoms in total. The summed E-state index contributed by atoms with van der Waals surface area (Å²) in [5.74, 6) is -0.970. The molecular weight excluding hydrogens is 239 g/mol. The normalized spacial score (nSPS) is 10.3. The van der Waals surface area contributed by atoms with E-state index in [1.807, 2.05) is 6.92 Å². The number of carbonyl (C=O) groups is 1. The number of carbonyl (C=O) groups excluding carboxylic acids is 1. The Labute approximate surface area is 105 Å². The first-order valence-electron chi connectivity index (χ1n) is 5.64. The fourth-order valence-electron chi connectivity index (χ4n) is 1.25. The molecule has 0 aromatic heterocycles. The van der Waals surface area contributed by atoms with Gasteiger partial charge in [0.05, 0.1) is 18.9 Å². The molecule has 0 spiro atoms. The topological polar surface area (TPSA) is 73.6 Å². The Balaban J connectivity index is 2.33. The monoisotopic (exact) mass is 256 g/mol. The summed E-state index contributed by atoms with van der Waals surface area (Å²) < 4.78 is 23.4. The second-order valence-electron chi connectivity index (χ2n) is 3.54. The van der Waals surface area contributed by atoms with Crippen LogP contribution in [0.15, 0.2) is 18.2 Å². The van der Waals surface area contributed by atoms with E-state index in [-0.39, 0.29) is 12.3 Å². The van der Waals surface area contributed by atoms with Crippen LogP contribution in [0.5, 0.6) is 0 Å². The summed E-state index contributed by atoms with van der Waals surface area (Å²) in [6.45, 7) is 3.07. The fraction of sp³-hybridized carbons (Fsp3) is 0.417. The van der Waals surface area contributed by atoms with E-state index < -0.39 is 11.7 Å². The molecule has 0 aliphatic carbocycles. The van der Waals surface area contributed by atoms with Gasteiger partial charge in [-0.1, -0.05) is 0 Å². The zero-order valence-corrected chi connectivity index (χ0v) is 10.2. The predicted molar refractivity (Wildman–Crippen MR) is 66.8 cm³/mol. The van der Waals surface area contributed by atoms with Gasteiger partial charge in [0, 0.05) is 12.3 Å². The SMILES string of the molecule is CCOCCOCC(=O)Nc1cc(N)ccc1F. The maximum atomic E-state index is 13.3. The van der Waals surface area contributed by atoms with Crippen molar-refractivity contribution in [1.29, 1.82) is 0 Å². The summed E-state index contributed by atoms with van der Waals surface area (Å²) in [5, 5.41) is 2.38. The van der Waals surface area contributed by atoms with Crippen molar-refractivity contribution < 1.29 is 18.7 Å². The average Bonchev–Trinajstić information content (AvgIpc) is 2.33. The van der Waals surface area contributed by atoms with Gasteiger partial charge in [-0.25, -0.2) is 4.39 Å². The van der Waals surface area contributed by atoms with Crippen LogP contribution in [0.3, 0.4) is 0 Å². The molecule has 1 amide bonds. The number of amides is 1. The molecule has 0 aliphatic heterocycles. The molecule has 1 aromatic carbocycles. The first kappa shape index (κ1) is 14.4. The number of hydrogen-bond donors (Lipinski definition) is 2. The number of nitrogens with one attached hydrogen (secondary N) is 1. The highest BCUT2D eigenvalue weighted by Gasteiger charge is 2.07. The van der Waals surface area contributed by atoms with E-state index in [1.54, 1.807) is 0 Å². The molecule has 0 heterocycles. The van der Waals surface area contributed by atoms with Gasteiger partial charge in [-0.3, -0.25) is 4.79 Å². The molecule has 0 saturated heterocycles. The van der Waals surface area contributed by atoms with Gasteiger partial charge in [0.25, 0.3) is 0 Å². The van der Waals surface area contributed by atoms with Gasteiger partial charge in [0.1, 0.15) is 12.4 Å². The van der Waals surface area contributed by atoms with Gasteiger partial charge in [-0.05, 0) is 25.1 Å². The second kappa shape index (κ2) is 7.62. The third-order valence-electron chi connectivity index (χ3n) is 2.07. The number of nitrogens with two attached hydrogens (primary N) is 1. The van der Waals surface area contributed by atoms with Crippen LogP contribution in [0.2, 0.25) is 0 Å². The van der Waals surface area contributed by atoms with E-state index in [0.717, 1.165) is 0 Å². The lowest BCUT2D eigenvalue weighted by atomic mass is 10.2. The number of benzene rings is 1. The minimum atomic E-state index is -0.535. The summed E-state index contributed by atoms with van der Waals surface area (Å²) >= 11 is 0. The summed E-state index contributed by atoms with van der Waals surface area (Å²) in [6, 6.07) is 3.97. The van der Waals surface area contributed by atoms with Crippen LogP contribution in [0, 0.1) is 5.82 Å². The third-order valence-corrected chi connectivity index (χ3v) is 2.07. The van der Waals surface area contributed by atoms with Crippen LogP contribution in [0.1, 0.15) is 6.92 Å². The number of anilines is 2. The Kier molecular flexibility index (Phi) is 6.10. The van der Waals surface area contributed by atoms with E-state index in [2.05, 4.69) is 5.32 Å². The van der Waals surface area contributed by atoms with Crippen LogP contribution in [0.25, 0.3) is 0 Å². The van der Waals surface area contributed by atoms with Crippen molar-refractivity contribution in [2.24, 2.45) is 0 Å². The number of nitrogen functional groups attached to an aromatic ring is 1. The quantitative estimate of drug-likeness (QED) is 0.571. The van der Waals surface area contributed by atoms with Crippen LogP contribution in [-0.2, 0) is 14.3 Å². The predicted octanol–water partition coefficient (Wildman–Crippen LogP) is 1.40. The van der Waals surface area contributed by atoms with E-state index in [9.17, 15) is 9.18 Å². The lowest BCUT2D eigenvalue weighted by Crippen LogP contribution is -2.20. The van der Waals surface area contributed by atoms with Crippen molar-refractivity contribution in [3.8, 4) is 0 Å². The average molecular weight is 256 g/mol. The van der Waals surface area contributed by atoms with Gasteiger partial charge < -0.3 is 20.5 Å². The third kappa shape index (κ3) is 5.11. The highest BCUT2D eigenvalue weighted by atomic mass is 19.1. The van der Waals surface area contributed by atoms with E-state index in [4.69, 9.17) is 15.2 Å². The molecule has 0 radical (unpaired) electrons. The van der Waals surface area contributed by atoms with Gasteiger partial charge >= 0.3 is 0 Å². The fourth-order valence-corrected chi connectivity index (χ4v) is 1.25. The summed E-state index contributed by atoms with van der Waals surface area (Å²) in [7, 11) is 0. The van der Waals surface area contributed by atoms with Crippen molar-refractivity contribution in [2.45, 2.75) is 6.92 Å². The first-order valence-corrected chi connectivity index (χ1v) is 5.64. The Bertz CT molecular complexity index is 399. The zero-order chi connectivity index (χ0) is 13.4. The van der Waals surface area contributed by atoms with Crippen LogP contribution in [-0.4, -0.2) is 32.3 Å². The lowest BCUT2D eigenvalue weighted by Gasteiger charge is -2.08.